The van der Waals surface area contributed by atoms with Crippen molar-refractivity contribution in [1.29, 1.82) is 0 Å². The van der Waals surface area contributed by atoms with Crippen molar-refractivity contribution in [2.24, 2.45) is 20.5 Å². The molecule has 0 aliphatic carbocycles. The number of nitrogens with one attached hydrogen (secondary N) is 6. The number of H-pyrrole nitrogens is 2. The average Bonchev–Trinajstić information content (AvgIpc) is 3.41. The molecule has 0 bridgehead atoms. The van der Waals surface area contributed by atoms with Gasteiger partial charge in [0.1, 0.15) is 39.7 Å². The number of phenols is 2. The van der Waals surface area contributed by atoms with Gasteiger partial charge in [0, 0.05) is 22.3 Å². The SMILES string of the molecule is O=C(O)c1ccccc1N=Nc1ccc2cc(S(=O)(=O)O)cc(Nc3nc(NC(CSSCC(Nc4nc(Nc5cccc6cc(S(=O)(=O)O)c(N=Nc7ccccc7C(=O)O)c(O)c56)[nH]c(=O)n4)C(=O)O)C(=O)O)nc(=O)[nH]3)c2c1O. The number of aliphatic carboxylic acids is 2. The summed E-state index contributed by atoms with van der Waals surface area (Å²) in [7, 11) is -8.36. The molecule has 0 saturated carbocycles. The lowest BCUT2D eigenvalue weighted by molar-refractivity contribution is -0.138. The lowest BCUT2D eigenvalue weighted by Crippen LogP contribution is -2.34. The van der Waals surface area contributed by atoms with Crippen LogP contribution in [-0.4, -0.2) is 134 Å². The number of carbonyl (C=O) groups is 4. The van der Waals surface area contributed by atoms with Crippen LogP contribution in [0.15, 0.2) is 137 Å². The highest BCUT2D eigenvalue weighted by Crippen LogP contribution is 2.45. The van der Waals surface area contributed by atoms with Crippen LogP contribution in [0.2, 0.25) is 0 Å². The Morgan fingerprint density at radius 3 is 1.55 bits per heavy atom. The van der Waals surface area contributed by atoms with E-state index in [0.29, 0.717) is 0 Å². The Kier molecular flexibility index (Phi) is 17.0. The van der Waals surface area contributed by atoms with Crippen molar-refractivity contribution < 1.29 is 75.8 Å². The third-order valence-electron chi connectivity index (χ3n) is 11.1. The second-order valence-corrected chi connectivity index (χ2v) is 21.9. The van der Waals surface area contributed by atoms with E-state index in [1.54, 1.807) is 0 Å². The van der Waals surface area contributed by atoms with Gasteiger partial charge in [-0.1, -0.05) is 64.1 Å². The summed E-state index contributed by atoms with van der Waals surface area (Å²) >= 11 is 0. The van der Waals surface area contributed by atoms with Crippen molar-refractivity contribution in [3.63, 3.8) is 0 Å². The number of nitrogens with zero attached hydrogens (tertiary/aromatic N) is 8. The number of aromatic amines is 2. The molecule has 8 aromatic rings. The van der Waals surface area contributed by atoms with Gasteiger partial charge in [0.25, 0.3) is 20.2 Å². The summed E-state index contributed by atoms with van der Waals surface area (Å²) in [5.41, 5.74) is -4.47. The molecule has 0 fully saturated rings. The second-order valence-electron chi connectivity index (χ2n) is 16.5. The van der Waals surface area contributed by atoms with Crippen molar-refractivity contribution >= 4 is 145 Å². The van der Waals surface area contributed by atoms with E-state index in [9.17, 15) is 85.3 Å². The number of fused-ring (bicyclic) bond motifs is 2. The number of aromatic nitrogens is 6. The highest BCUT2D eigenvalue weighted by atomic mass is 33.1. The number of phenolic OH excluding ortho intramolecular Hbond substituents is 2. The van der Waals surface area contributed by atoms with Gasteiger partial charge in [-0.25, -0.2) is 28.8 Å². The summed E-state index contributed by atoms with van der Waals surface area (Å²) in [5, 5.41) is 87.5. The van der Waals surface area contributed by atoms with Crippen LogP contribution < -0.4 is 32.6 Å². The van der Waals surface area contributed by atoms with Gasteiger partial charge in [-0.15, -0.1) is 20.5 Å². The molecule has 8 rings (SSSR count). The maximum Gasteiger partial charge on any atom is 0.351 e. The normalized spacial score (nSPS) is 12.6. The number of benzene rings is 6. The first-order valence-electron chi connectivity index (χ1n) is 22.6. The number of hydrogen-bond donors (Lipinski definition) is 14. The minimum absolute atomic E-state index is 0.00866. The molecule has 6 aromatic carbocycles. The Balaban J connectivity index is 0.967. The summed E-state index contributed by atoms with van der Waals surface area (Å²) in [6, 6.07) is 17.1. The zero-order chi connectivity index (χ0) is 59.2. The maximum atomic E-state index is 12.8. The number of carboxylic acid groups (broad SMARTS) is 4. The highest BCUT2D eigenvalue weighted by Gasteiger charge is 2.27. The van der Waals surface area contributed by atoms with Crippen LogP contribution in [0.1, 0.15) is 20.7 Å². The smallest absolute Gasteiger partial charge is 0.351 e. The lowest BCUT2D eigenvalue weighted by atomic mass is 10.1. The third kappa shape index (κ3) is 13.6. The van der Waals surface area contributed by atoms with E-state index in [2.05, 4.69) is 71.6 Å². The molecule has 14 N–H and O–H groups in total. The van der Waals surface area contributed by atoms with Crippen LogP contribution in [0.4, 0.5) is 57.9 Å². The standard InChI is InChI=1S/C46H36N14O18S4/c61-35-27(59-57-24-9-3-1-7-22(24)37(63)64)13-12-20-14-21(81(73,74)75)16-28(33(20)35)48-42-52-44(56-46(72)54-42)50-30(40(69)70)18-80-79-17-29(39(67)68)49-43-51-41(53-45(71)55-43)47-26-11-5-6-19-15-31(82(76,77)78)34(36(62)32(19)26)60-58-25-10-4-2-8-23(25)38(65)66/h1-16,29-30,61-62H,17-18H2,(H,63,64)(H,65,66)(H,67,68)(H,69,70)(H,73,74,75)(H,76,77,78)(H3,47,49,51,53,55,71)(H3,48,50,52,54,56,72). The molecule has 2 atom stereocenters. The Hall–Kier alpha value is -10.1. The molecule has 0 aliphatic heterocycles. The molecule has 0 aliphatic rings. The van der Waals surface area contributed by atoms with Crippen LogP contribution >= 0.6 is 21.6 Å². The van der Waals surface area contributed by atoms with E-state index in [1.807, 2.05) is 0 Å². The van der Waals surface area contributed by atoms with Crippen molar-refractivity contribution in [2.75, 3.05) is 32.8 Å². The van der Waals surface area contributed by atoms with Gasteiger partial charge in [0.2, 0.25) is 23.8 Å². The summed E-state index contributed by atoms with van der Waals surface area (Å²) < 4.78 is 69.5. The molecule has 32 nitrogen and oxygen atoms in total. The number of aromatic carboxylic acids is 2. The molecular weight excluding hydrogens is 1160 g/mol. The molecule has 82 heavy (non-hydrogen) atoms. The Bertz CT molecular complexity index is 4340. The molecule has 0 amide bonds. The van der Waals surface area contributed by atoms with Gasteiger partial charge in [0.05, 0.1) is 27.4 Å². The topological polar surface area (TPSA) is 513 Å². The Morgan fingerprint density at radius 2 is 1.04 bits per heavy atom. The number of rotatable bonds is 23. The van der Waals surface area contributed by atoms with E-state index in [1.165, 1.54) is 78.9 Å². The number of anilines is 6. The summed E-state index contributed by atoms with van der Waals surface area (Å²) in [4.78, 5) is 92.2. The fourth-order valence-corrected chi connectivity index (χ4v) is 10.9. The first-order valence-corrected chi connectivity index (χ1v) is 28.0. The fraction of sp³-hybridized carbons (Fsp3) is 0.0870. The zero-order valence-corrected chi connectivity index (χ0v) is 43.9. The summed E-state index contributed by atoms with van der Waals surface area (Å²) in [6.07, 6.45) is 0. The number of carboxylic acids is 4. The predicted molar refractivity (Wildman–Crippen MR) is 293 cm³/mol. The van der Waals surface area contributed by atoms with Crippen molar-refractivity contribution in [3.8, 4) is 11.5 Å². The molecular formula is C46H36N14O18S4. The molecule has 422 valence electrons. The van der Waals surface area contributed by atoms with E-state index >= 15 is 0 Å². The average molecular weight is 1200 g/mol. The molecule has 2 unspecified atom stereocenters. The monoisotopic (exact) mass is 1200 g/mol. The van der Waals surface area contributed by atoms with E-state index in [-0.39, 0.29) is 72.6 Å². The minimum atomic E-state index is -5.11. The highest BCUT2D eigenvalue weighted by molar-refractivity contribution is 8.76. The van der Waals surface area contributed by atoms with E-state index in [0.717, 1.165) is 39.8 Å². The largest absolute Gasteiger partial charge is 0.505 e. The van der Waals surface area contributed by atoms with Crippen LogP contribution in [0.25, 0.3) is 21.5 Å². The predicted octanol–water partition coefficient (Wildman–Crippen LogP) is 6.38. The van der Waals surface area contributed by atoms with E-state index in [4.69, 9.17) is 0 Å². The summed E-state index contributed by atoms with van der Waals surface area (Å²) in [5.74, 6) is -9.95. The Morgan fingerprint density at radius 1 is 0.549 bits per heavy atom. The van der Waals surface area contributed by atoms with Crippen molar-refractivity contribution in [3.05, 3.63) is 129 Å². The first kappa shape index (κ1) is 58.0. The molecule has 0 spiro atoms. The zero-order valence-electron chi connectivity index (χ0n) is 40.7. The van der Waals surface area contributed by atoms with Gasteiger partial charge in [-0.2, -0.15) is 36.8 Å². The van der Waals surface area contributed by atoms with Crippen LogP contribution in [0.5, 0.6) is 11.5 Å². The Labute approximate surface area is 464 Å². The third-order valence-corrected chi connectivity index (χ3v) is 15.2. The van der Waals surface area contributed by atoms with Gasteiger partial charge in [-0.3, -0.25) is 19.1 Å². The molecule has 2 heterocycles. The summed E-state index contributed by atoms with van der Waals surface area (Å²) in [6.45, 7) is 0. The van der Waals surface area contributed by atoms with Gasteiger partial charge < -0.3 is 51.9 Å². The molecule has 2 aromatic heterocycles. The molecule has 36 heteroatoms. The van der Waals surface area contributed by atoms with Crippen molar-refractivity contribution in [2.45, 2.75) is 21.9 Å². The molecule has 0 radical (unpaired) electrons. The fourth-order valence-electron chi connectivity index (χ4n) is 7.39. The van der Waals surface area contributed by atoms with Crippen LogP contribution in [0, 0.1) is 0 Å². The first-order chi connectivity index (χ1) is 38.8. The lowest BCUT2D eigenvalue weighted by Gasteiger charge is -2.17. The van der Waals surface area contributed by atoms with Crippen molar-refractivity contribution in [1.82, 2.24) is 29.9 Å². The molecule has 0 saturated heterocycles. The van der Waals surface area contributed by atoms with E-state index < -0.39 is 118 Å². The number of hydrogen-bond acceptors (Lipinski definition) is 26. The number of aromatic hydroxyl groups is 2. The minimum Gasteiger partial charge on any atom is -0.505 e. The van der Waals surface area contributed by atoms with Gasteiger partial charge in [-0.05, 0) is 65.4 Å². The second kappa shape index (κ2) is 24.1. The van der Waals surface area contributed by atoms with Crippen LogP contribution in [-0.2, 0) is 29.8 Å². The quantitative estimate of drug-likeness (QED) is 0.0143. The van der Waals surface area contributed by atoms with Crippen LogP contribution in [0.3, 0.4) is 0 Å². The van der Waals surface area contributed by atoms with Gasteiger partial charge in [0.15, 0.2) is 11.5 Å². The maximum absolute atomic E-state index is 12.8. The van der Waals surface area contributed by atoms with Gasteiger partial charge >= 0.3 is 35.3 Å². The number of azo groups is 2.